The highest BCUT2D eigenvalue weighted by Gasteiger charge is 2.37. The summed E-state index contributed by atoms with van der Waals surface area (Å²) in [5.41, 5.74) is -1.07. The summed E-state index contributed by atoms with van der Waals surface area (Å²) in [6, 6.07) is 15.2. The molecular weight excluding hydrogens is 614 g/mol. The van der Waals surface area contributed by atoms with Crippen molar-refractivity contribution in [3.63, 3.8) is 0 Å². The molecule has 13 heteroatoms. The van der Waals surface area contributed by atoms with Crippen LogP contribution in [0.4, 0.5) is 18.9 Å². The van der Waals surface area contributed by atoms with Gasteiger partial charge < -0.3 is 10.2 Å². The van der Waals surface area contributed by atoms with Crippen LogP contribution in [0.3, 0.4) is 0 Å². The monoisotopic (exact) mass is 643 g/mol. The SMILES string of the molecule is CCCNC(=O)[C@H](CC)N(Cc1ccc(Cl)cc1)C(=O)CN(c1ccc(Cl)c(C(F)(F)F)c1)S(=O)(=O)c1ccccc1. The zero-order valence-electron chi connectivity index (χ0n) is 22.9. The van der Waals surface area contributed by atoms with Crippen LogP contribution in [0.15, 0.2) is 77.7 Å². The number of amides is 2. The number of anilines is 1. The largest absolute Gasteiger partial charge is 0.417 e. The number of sulfonamides is 1. The number of carbonyl (C=O) groups is 2. The van der Waals surface area contributed by atoms with E-state index in [2.05, 4.69) is 5.32 Å². The van der Waals surface area contributed by atoms with Crippen molar-refractivity contribution in [3.8, 4) is 0 Å². The summed E-state index contributed by atoms with van der Waals surface area (Å²) in [4.78, 5) is 28.0. The van der Waals surface area contributed by atoms with Crippen molar-refractivity contribution in [1.82, 2.24) is 10.2 Å². The van der Waals surface area contributed by atoms with Crippen LogP contribution in [0, 0.1) is 0 Å². The van der Waals surface area contributed by atoms with Crippen LogP contribution >= 0.6 is 23.2 Å². The first-order valence-corrected chi connectivity index (χ1v) is 15.2. The summed E-state index contributed by atoms with van der Waals surface area (Å²) in [6.07, 6.45) is -4.04. The molecule has 0 aliphatic heterocycles. The molecule has 0 heterocycles. The molecule has 2 amide bonds. The van der Waals surface area contributed by atoms with Gasteiger partial charge >= 0.3 is 6.18 Å². The second-order valence-corrected chi connectivity index (χ2v) is 12.1. The molecule has 3 aromatic carbocycles. The first-order valence-electron chi connectivity index (χ1n) is 13.1. The van der Waals surface area contributed by atoms with E-state index in [1.807, 2.05) is 6.92 Å². The lowest BCUT2D eigenvalue weighted by molar-refractivity contribution is -0.140. The third kappa shape index (κ3) is 8.17. The van der Waals surface area contributed by atoms with Gasteiger partial charge in [-0.05, 0) is 60.9 Å². The molecule has 7 nitrogen and oxygen atoms in total. The zero-order chi connectivity index (χ0) is 31.1. The van der Waals surface area contributed by atoms with Crippen molar-refractivity contribution in [2.45, 2.75) is 50.3 Å². The summed E-state index contributed by atoms with van der Waals surface area (Å²) in [5, 5.41) is 2.58. The predicted octanol–water partition coefficient (Wildman–Crippen LogP) is 6.54. The predicted molar refractivity (Wildman–Crippen MR) is 157 cm³/mol. The summed E-state index contributed by atoms with van der Waals surface area (Å²) in [7, 11) is -4.55. The van der Waals surface area contributed by atoms with Gasteiger partial charge in [-0.2, -0.15) is 13.2 Å². The number of hydrogen-bond donors (Lipinski definition) is 1. The van der Waals surface area contributed by atoms with Crippen molar-refractivity contribution < 1.29 is 31.2 Å². The Morgan fingerprint density at radius 3 is 2.17 bits per heavy atom. The average molecular weight is 645 g/mol. The Bertz CT molecular complexity index is 1490. The van der Waals surface area contributed by atoms with Crippen LogP contribution < -0.4 is 9.62 Å². The Balaban J connectivity index is 2.12. The van der Waals surface area contributed by atoms with Gasteiger partial charge in [0.15, 0.2) is 0 Å². The number of halogens is 5. The van der Waals surface area contributed by atoms with Crippen molar-refractivity contribution >= 4 is 50.7 Å². The van der Waals surface area contributed by atoms with Gasteiger partial charge in [0, 0.05) is 18.1 Å². The van der Waals surface area contributed by atoms with E-state index in [1.165, 1.54) is 29.2 Å². The lowest BCUT2D eigenvalue weighted by atomic mass is 10.1. The summed E-state index contributed by atoms with van der Waals surface area (Å²) < 4.78 is 69.4. The molecule has 3 aromatic rings. The van der Waals surface area contributed by atoms with Crippen molar-refractivity contribution in [2.75, 3.05) is 17.4 Å². The second-order valence-electron chi connectivity index (χ2n) is 9.35. The summed E-state index contributed by atoms with van der Waals surface area (Å²) >= 11 is 11.8. The molecule has 3 rings (SSSR count). The molecule has 0 unspecified atom stereocenters. The minimum Gasteiger partial charge on any atom is -0.354 e. The van der Waals surface area contributed by atoms with Crippen LogP contribution in [0.5, 0.6) is 0 Å². The second kappa shape index (κ2) is 14.3. The number of nitrogens with one attached hydrogen (secondary N) is 1. The topological polar surface area (TPSA) is 86.8 Å². The van der Waals surface area contributed by atoms with E-state index < -0.39 is 56.9 Å². The number of alkyl halides is 3. The van der Waals surface area contributed by atoms with E-state index in [0.29, 0.717) is 33.9 Å². The van der Waals surface area contributed by atoms with Gasteiger partial charge in [-0.15, -0.1) is 0 Å². The van der Waals surface area contributed by atoms with E-state index in [0.717, 1.165) is 12.1 Å². The number of nitrogens with zero attached hydrogens (tertiary/aromatic N) is 2. The maximum absolute atomic E-state index is 14.0. The van der Waals surface area contributed by atoms with E-state index in [1.54, 1.807) is 37.3 Å². The lowest BCUT2D eigenvalue weighted by Gasteiger charge is -2.33. The van der Waals surface area contributed by atoms with Crippen LogP contribution in [-0.2, 0) is 32.3 Å². The molecule has 1 atom stereocenters. The average Bonchev–Trinajstić information content (AvgIpc) is 2.95. The number of carbonyl (C=O) groups excluding carboxylic acids is 2. The summed E-state index contributed by atoms with van der Waals surface area (Å²) in [5.74, 6) is -1.24. The van der Waals surface area contributed by atoms with Crippen LogP contribution in [0.25, 0.3) is 0 Å². The molecule has 0 aromatic heterocycles. The van der Waals surface area contributed by atoms with E-state index in [4.69, 9.17) is 23.2 Å². The Morgan fingerprint density at radius 2 is 1.60 bits per heavy atom. The highest BCUT2D eigenvalue weighted by molar-refractivity contribution is 7.92. The van der Waals surface area contributed by atoms with E-state index >= 15 is 0 Å². The Morgan fingerprint density at radius 1 is 0.952 bits per heavy atom. The number of rotatable bonds is 12. The number of benzene rings is 3. The minimum atomic E-state index is -4.88. The third-order valence-corrected chi connectivity index (χ3v) is 8.72. The van der Waals surface area contributed by atoms with Crippen molar-refractivity contribution in [1.29, 1.82) is 0 Å². The van der Waals surface area contributed by atoms with Gasteiger partial charge in [-0.25, -0.2) is 8.42 Å². The van der Waals surface area contributed by atoms with Gasteiger partial charge in [0.05, 0.1) is 21.2 Å². The number of hydrogen-bond acceptors (Lipinski definition) is 4. The maximum atomic E-state index is 14.0. The first-order chi connectivity index (χ1) is 19.8. The molecule has 0 saturated heterocycles. The third-order valence-electron chi connectivity index (χ3n) is 6.35. The first kappa shape index (κ1) is 33.2. The molecule has 0 aliphatic rings. The molecule has 42 heavy (non-hydrogen) atoms. The van der Waals surface area contributed by atoms with Crippen LogP contribution in [-0.4, -0.2) is 44.3 Å². The Labute approximate surface area is 253 Å². The molecule has 0 saturated carbocycles. The molecule has 0 radical (unpaired) electrons. The van der Waals surface area contributed by atoms with Gasteiger partial charge in [0.1, 0.15) is 12.6 Å². The zero-order valence-corrected chi connectivity index (χ0v) is 25.2. The van der Waals surface area contributed by atoms with Crippen LogP contribution in [0.1, 0.15) is 37.8 Å². The fourth-order valence-corrected chi connectivity index (χ4v) is 5.98. The van der Waals surface area contributed by atoms with E-state index in [-0.39, 0.29) is 17.9 Å². The van der Waals surface area contributed by atoms with Crippen molar-refractivity contribution in [3.05, 3.63) is 94.0 Å². The maximum Gasteiger partial charge on any atom is 0.417 e. The fraction of sp³-hybridized carbons (Fsp3) is 0.310. The normalized spacial score (nSPS) is 12.5. The minimum absolute atomic E-state index is 0.0816. The fourth-order valence-electron chi connectivity index (χ4n) is 4.21. The Hall–Kier alpha value is -3.28. The van der Waals surface area contributed by atoms with E-state index in [9.17, 15) is 31.2 Å². The molecule has 1 N–H and O–H groups in total. The molecule has 0 bridgehead atoms. The molecule has 0 fully saturated rings. The van der Waals surface area contributed by atoms with Gasteiger partial charge in [0.25, 0.3) is 10.0 Å². The van der Waals surface area contributed by atoms with Gasteiger partial charge in [-0.3, -0.25) is 13.9 Å². The standard InChI is InChI=1S/C29H30Cl2F3N3O4S/c1-3-16-35-28(39)26(4-2)36(18-20-10-12-21(30)13-11-20)27(38)19-37(42(40,41)23-8-6-5-7-9-23)22-14-15-25(31)24(17-22)29(32,33)34/h5-15,17,26H,3-4,16,18-19H2,1-2H3,(H,35,39)/t26-/m0/s1. The smallest absolute Gasteiger partial charge is 0.354 e. The molecule has 0 aliphatic carbocycles. The van der Waals surface area contributed by atoms with Crippen molar-refractivity contribution in [2.24, 2.45) is 0 Å². The van der Waals surface area contributed by atoms with Crippen LogP contribution in [0.2, 0.25) is 10.0 Å². The highest BCUT2D eigenvalue weighted by atomic mass is 35.5. The van der Waals surface area contributed by atoms with Gasteiger partial charge in [-0.1, -0.05) is 67.4 Å². The van der Waals surface area contributed by atoms with Gasteiger partial charge in [0.2, 0.25) is 11.8 Å². The lowest BCUT2D eigenvalue weighted by Crippen LogP contribution is -2.52. The molecular formula is C29H30Cl2F3N3O4S. The molecule has 0 spiro atoms. The molecule has 226 valence electrons. The quantitative estimate of drug-likeness (QED) is 0.243. The highest BCUT2D eigenvalue weighted by Crippen LogP contribution is 2.38. The Kier molecular flexibility index (Phi) is 11.3. The summed E-state index contributed by atoms with van der Waals surface area (Å²) in [6.45, 7) is 2.96.